The highest BCUT2D eigenvalue weighted by Gasteiger charge is 2.31. The van der Waals surface area contributed by atoms with E-state index in [4.69, 9.17) is 6.57 Å². The third-order valence-electron chi connectivity index (χ3n) is 4.74. The van der Waals surface area contributed by atoms with Gasteiger partial charge in [0.15, 0.2) is 6.54 Å². The quantitative estimate of drug-likeness (QED) is 0.342. The summed E-state index contributed by atoms with van der Waals surface area (Å²) in [6, 6.07) is 8.19. The van der Waals surface area contributed by atoms with Crippen molar-refractivity contribution in [1.29, 1.82) is 0 Å². The van der Waals surface area contributed by atoms with Gasteiger partial charge in [-0.15, -0.1) is 9.36 Å². The molecule has 0 saturated carbocycles. The molecule has 102 valence electrons. The Kier molecular flexibility index (Phi) is 2.29. The van der Waals surface area contributed by atoms with Gasteiger partial charge in [0.2, 0.25) is 11.9 Å². The molecule has 3 nitrogen and oxygen atoms in total. The summed E-state index contributed by atoms with van der Waals surface area (Å²) in [5.74, 6) is 0. The summed E-state index contributed by atoms with van der Waals surface area (Å²) in [7, 11) is 0. The Balaban J connectivity index is 2.15. The maximum atomic E-state index is 7.43. The van der Waals surface area contributed by atoms with Crippen LogP contribution in [0.3, 0.4) is 0 Å². The third-order valence-corrected chi connectivity index (χ3v) is 4.74. The zero-order chi connectivity index (χ0) is 14.7. The van der Waals surface area contributed by atoms with Crippen LogP contribution in [0, 0.1) is 27.3 Å². The average Bonchev–Trinajstić information content (AvgIpc) is 3.01. The highest BCUT2D eigenvalue weighted by molar-refractivity contribution is 5.91. The number of fused-ring (bicyclic) bond motifs is 5. The van der Waals surface area contributed by atoms with Crippen molar-refractivity contribution in [3.8, 4) is 5.69 Å². The molecule has 0 amide bonds. The van der Waals surface area contributed by atoms with Crippen LogP contribution in [-0.2, 0) is 6.54 Å². The molecule has 3 heteroatoms. The molecule has 0 spiro atoms. The van der Waals surface area contributed by atoms with E-state index in [2.05, 4.69) is 53.3 Å². The Labute approximate surface area is 123 Å². The predicted octanol–water partition coefficient (Wildman–Crippen LogP) is 3.76. The fourth-order valence-corrected chi connectivity index (χ4v) is 3.36. The SMILES string of the molecule is [C-]#[N+]c1cccc2c[n+]3n(c12)-c1cc(C)c(C)c(C)c1C3. The molecule has 0 saturated heterocycles. The zero-order valence-electron chi connectivity index (χ0n) is 12.4. The fraction of sp³-hybridized carbons (Fsp3) is 0.222. The van der Waals surface area contributed by atoms with Crippen molar-refractivity contribution in [3.05, 3.63) is 64.1 Å². The summed E-state index contributed by atoms with van der Waals surface area (Å²) in [6.07, 6.45) is 2.15. The lowest BCUT2D eigenvalue weighted by molar-refractivity contribution is -0.749. The van der Waals surface area contributed by atoms with Crippen molar-refractivity contribution in [3.63, 3.8) is 0 Å². The number of benzene rings is 2. The molecule has 0 bridgehead atoms. The Bertz CT molecular complexity index is 955. The maximum absolute atomic E-state index is 7.43. The third kappa shape index (κ3) is 1.45. The van der Waals surface area contributed by atoms with Crippen molar-refractivity contribution < 1.29 is 4.68 Å². The molecule has 1 aromatic heterocycles. The van der Waals surface area contributed by atoms with Crippen LogP contribution in [-0.4, -0.2) is 4.68 Å². The van der Waals surface area contributed by atoms with E-state index in [0.717, 1.165) is 23.1 Å². The van der Waals surface area contributed by atoms with E-state index in [0.29, 0.717) is 0 Å². The van der Waals surface area contributed by atoms with Gasteiger partial charge in [0.1, 0.15) is 11.2 Å². The van der Waals surface area contributed by atoms with E-state index in [9.17, 15) is 0 Å². The number of aromatic nitrogens is 2. The molecule has 0 fully saturated rings. The smallest absolute Gasteiger partial charge is 0.217 e. The van der Waals surface area contributed by atoms with Crippen molar-refractivity contribution in [2.45, 2.75) is 27.3 Å². The normalized spacial score (nSPS) is 12.3. The maximum Gasteiger partial charge on any atom is 0.217 e. The van der Waals surface area contributed by atoms with E-state index in [1.165, 1.54) is 27.9 Å². The predicted molar refractivity (Wildman–Crippen MR) is 83.0 cm³/mol. The van der Waals surface area contributed by atoms with E-state index in [-0.39, 0.29) is 0 Å². The number of nitrogens with zero attached hydrogens (tertiary/aromatic N) is 3. The molecule has 0 atom stereocenters. The van der Waals surface area contributed by atoms with Crippen molar-refractivity contribution >= 4 is 16.6 Å². The molecule has 1 aliphatic rings. The lowest BCUT2D eigenvalue weighted by atomic mass is 9.97. The van der Waals surface area contributed by atoms with Crippen LogP contribution in [0.25, 0.3) is 21.4 Å². The van der Waals surface area contributed by atoms with Gasteiger partial charge < -0.3 is 0 Å². The van der Waals surface area contributed by atoms with E-state index in [1.807, 2.05) is 12.1 Å². The van der Waals surface area contributed by atoms with Crippen LogP contribution in [0.2, 0.25) is 0 Å². The summed E-state index contributed by atoms with van der Waals surface area (Å²) in [5, 5.41) is 1.13. The molecule has 21 heavy (non-hydrogen) atoms. The average molecular weight is 274 g/mol. The van der Waals surface area contributed by atoms with Gasteiger partial charge in [0, 0.05) is 0 Å². The largest absolute Gasteiger partial charge is 0.236 e. The van der Waals surface area contributed by atoms with Crippen LogP contribution >= 0.6 is 0 Å². The molecule has 2 heterocycles. The lowest BCUT2D eigenvalue weighted by Crippen LogP contribution is -2.36. The van der Waals surface area contributed by atoms with Gasteiger partial charge in [0.25, 0.3) is 0 Å². The molecule has 4 rings (SSSR count). The van der Waals surface area contributed by atoms with Gasteiger partial charge in [-0.1, -0.05) is 12.1 Å². The standard InChI is InChI=1S/C18H16N3/c1-11-8-17-15(13(3)12(11)2)10-20-9-14-6-5-7-16(19-4)18(14)21(17)20/h5-9H,10H2,1-3H3/q+1. The minimum absolute atomic E-state index is 0.718. The molecule has 3 aromatic rings. The van der Waals surface area contributed by atoms with Crippen LogP contribution in [0.1, 0.15) is 22.3 Å². The van der Waals surface area contributed by atoms with Crippen LogP contribution in [0.15, 0.2) is 30.5 Å². The van der Waals surface area contributed by atoms with Gasteiger partial charge >= 0.3 is 0 Å². The monoisotopic (exact) mass is 274 g/mol. The number of aryl methyl sites for hydroxylation is 1. The van der Waals surface area contributed by atoms with Crippen molar-refractivity contribution in [2.24, 2.45) is 0 Å². The van der Waals surface area contributed by atoms with Gasteiger partial charge in [-0.05, 0) is 49.6 Å². The molecule has 0 unspecified atom stereocenters. The first-order valence-corrected chi connectivity index (χ1v) is 7.13. The zero-order valence-corrected chi connectivity index (χ0v) is 12.4. The van der Waals surface area contributed by atoms with Gasteiger partial charge in [-0.2, -0.15) is 0 Å². The topological polar surface area (TPSA) is 13.2 Å². The summed E-state index contributed by atoms with van der Waals surface area (Å²) in [4.78, 5) is 3.70. The van der Waals surface area contributed by atoms with Crippen LogP contribution < -0.4 is 4.68 Å². The second-order valence-electron chi connectivity index (χ2n) is 5.81. The molecule has 0 N–H and O–H groups in total. The highest BCUT2D eigenvalue weighted by atomic mass is 15.4. The second kappa shape index (κ2) is 3.95. The van der Waals surface area contributed by atoms with Crippen LogP contribution in [0.4, 0.5) is 5.69 Å². The summed E-state index contributed by atoms with van der Waals surface area (Å²) >= 11 is 0. The number of para-hydroxylation sites is 1. The fourth-order valence-electron chi connectivity index (χ4n) is 3.36. The van der Waals surface area contributed by atoms with Crippen LogP contribution in [0.5, 0.6) is 0 Å². The second-order valence-corrected chi connectivity index (χ2v) is 5.81. The Morgan fingerprint density at radius 1 is 1.19 bits per heavy atom. The molecule has 1 aliphatic heterocycles. The van der Waals surface area contributed by atoms with Crippen molar-refractivity contribution in [2.75, 3.05) is 0 Å². The molecule has 2 aromatic carbocycles. The lowest BCUT2D eigenvalue weighted by Gasteiger charge is -2.08. The van der Waals surface area contributed by atoms with E-state index >= 15 is 0 Å². The highest BCUT2D eigenvalue weighted by Crippen LogP contribution is 2.34. The Morgan fingerprint density at radius 3 is 2.76 bits per heavy atom. The number of hydrogen-bond donors (Lipinski definition) is 0. The minimum atomic E-state index is 0.718. The summed E-state index contributed by atoms with van der Waals surface area (Å²) in [6.45, 7) is 14.9. The van der Waals surface area contributed by atoms with Gasteiger partial charge in [-0.3, -0.25) is 0 Å². The number of rotatable bonds is 0. The van der Waals surface area contributed by atoms with Gasteiger partial charge in [0.05, 0.1) is 17.5 Å². The molecule has 0 radical (unpaired) electrons. The Morgan fingerprint density at radius 2 is 2.00 bits per heavy atom. The summed E-state index contributed by atoms with van der Waals surface area (Å²) < 4.78 is 4.42. The first kappa shape index (κ1) is 12.2. The molecule has 0 aliphatic carbocycles. The first-order valence-electron chi connectivity index (χ1n) is 7.13. The minimum Gasteiger partial charge on any atom is -0.236 e. The number of hydrogen-bond acceptors (Lipinski definition) is 0. The molecular formula is C18H16N3+. The van der Waals surface area contributed by atoms with E-state index < -0.39 is 0 Å². The Hall–Kier alpha value is -2.60. The molecular weight excluding hydrogens is 258 g/mol. The first-order chi connectivity index (χ1) is 10.1. The van der Waals surface area contributed by atoms with Gasteiger partial charge in [-0.25, -0.2) is 4.85 Å². The van der Waals surface area contributed by atoms with Crippen molar-refractivity contribution in [1.82, 2.24) is 4.68 Å². The summed E-state index contributed by atoms with van der Waals surface area (Å²) in [5.41, 5.74) is 8.39. The van der Waals surface area contributed by atoms with E-state index in [1.54, 1.807) is 0 Å².